The van der Waals surface area contributed by atoms with Gasteiger partial charge in [0.15, 0.2) is 0 Å². The van der Waals surface area contributed by atoms with Crippen LogP contribution < -0.4 is 5.73 Å². The zero-order chi connectivity index (χ0) is 13.4. The molecule has 0 aliphatic carbocycles. The summed E-state index contributed by atoms with van der Waals surface area (Å²) in [6.07, 6.45) is 2.14. The first-order chi connectivity index (χ1) is 8.67. The molecular weight excluding hydrogens is 224 g/mol. The molecule has 1 atom stereocenters. The summed E-state index contributed by atoms with van der Waals surface area (Å²) in [5.41, 5.74) is 8.23. The van der Waals surface area contributed by atoms with Crippen molar-refractivity contribution in [2.45, 2.75) is 32.4 Å². The van der Waals surface area contributed by atoms with Gasteiger partial charge in [-0.15, -0.1) is 0 Å². The van der Waals surface area contributed by atoms with E-state index in [-0.39, 0.29) is 0 Å². The molecule has 0 aliphatic heterocycles. The van der Waals surface area contributed by atoms with E-state index >= 15 is 0 Å². The van der Waals surface area contributed by atoms with Crippen LogP contribution in [0.4, 0.5) is 0 Å². The fourth-order valence-electron chi connectivity index (χ4n) is 2.09. The number of methoxy groups -OCH3 is 1. The molecule has 0 fully saturated rings. The van der Waals surface area contributed by atoms with Crippen molar-refractivity contribution in [3.8, 4) is 0 Å². The van der Waals surface area contributed by atoms with Crippen LogP contribution in [0.1, 0.15) is 24.0 Å². The van der Waals surface area contributed by atoms with Crippen molar-refractivity contribution in [1.82, 2.24) is 4.90 Å². The third kappa shape index (κ3) is 5.17. The Balaban J connectivity index is 2.53. The quantitative estimate of drug-likeness (QED) is 0.768. The number of likely N-dealkylation sites (N-methyl/N-ethyl adjacent to an activating group) is 1. The Morgan fingerprint density at radius 3 is 2.50 bits per heavy atom. The first kappa shape index (κ1) is 15.2. The van der Waals surface area contributed by atoms with Gasteiger partial charge in [0.25, 0.3) is 0 Å². The summed E-state index contributed by atoms with van der Waals surface area (Å²) in [4.78, 5) is 2.35. The summed E-state index contributed by atoms with van der Waals surface area (Å²) >= 11 is 0. The molecule has 1 aromatic carbocycles. The second kappa shape index (κ2) is 8.25. The van der Waals surface area contributed by atoms with E-state index in [4.69, 9.17) is 10.5 Å². The molecule has 18 heavy (non-hydrogen) atoms. The van der Waals surface area contributed by atoms with E-state index in [0.717, 1.165) is 32.5 Å². The highest BCUT2D eigenvalue weighted by Gasteiger charge is 2.14. The SMILES string of the molecule is COCC(CCCN)N(C)Cc1ccc(C)cc1. The number of hydrogen-bond donors (Lipinski definition) is 1. The largest absolute Gasteiger partial charge is 0.383 e. The lowest BCUT2D eigenvalue weighted by Crippen LogP contribution is -2.35. The molecule has 0 saturated heterocycles. The van der Waals surface area contributed by atoms with Crippen molar-refractivity contribution in [3.05, 3.63) is 35.4 Å². The molecule has 0 amide bonds. The van der Waals surface area contributed by atoms with Gasteiger partial charge in [-0.25, -0.2) is 0 Å². The van der Waals surface area contributed by atoms with Crippen LogP contribution in [0, 0.1) is 6.92 Å². The lowest BCUT2D eigenvalue weighted by Gasteiger charge is -2.27. The average molecular weight is 250 g/mol. The molecule has 0 heterocycles. The van der Waals surface area contributed by atoms with Crippen LogP contribution in [0.15, 0.2) is 24.3 Å². The third-order valence-corrected chi connectivity index (χ3v) is 3.28. The van der Waals surface area contributed by atoms with Crippen LogP contribution in [-0.4, -0.2) is 38.3 Å². The summed E-state index contributed by atoms with van der Waals surface area (Å²) < 4.78 is 5.30. The lowest BCUT2D eigenvalue weighted by atomic mass is 10.1. The molecule has 0 aliphatic rings. The fourth-order valence-corrected chi connectivity index (χ4v) is 2.09. The number of nitrogens with zero attached hydrogens (tertiary/aromatic N) is 1. The van der Waals surface area contributed by atoms with Gasteiger partial charge in [0.2, 0.25) is 0 Å². The van der Waals surface area contributed by atoms with E-state index in [1.165, 1.54) is 11.1 Å². The van der Waals surface area contributed by atoms with E-state index in [1.807, 2.05) is 0 Å². The van der Waals surface area contributed by atoms with Gasteiger partial charge >= 0.3 is 0 Å². The van der Waals surface area contributed by atoms with E-state index in [2.05, 4.69) is 43.1 Å². The van der Waals surface area contributed by atoms with Crippen LogP contribution in [0.2, 0.25) is 0 Å². The van der Waals surface area contributed by atoms with Gasteiger partial charge in [-0.2, -0.15) is 0 Å². The van der Waals surface area contributed by atoms with Gasteiger partial charge in [0.05, 0.1) is 6.61 Å². The first-order valence-corrected chi connectivity index (χ1v) is 6.62. The van der Waals surface area contributed by atoms with Crippen LogP contribution in [0.25, 0.3) is 0 Å². The highest BCUT2D eigenvalue weighted by Crippen LogP contribution is 2.11. The maximum absolute atomic E-state index is 5.58. The summed E-state index contributed by atoms with van der Waals surface area (Å²) in [6.45, 7) is 4.59. The topological polar surface area (TPSA) is 38.5 Å². The van der Waals surface area contributed by atoms with Crippen LogP contribution in [-0.2, 0) is 11.3 Å². The van der Waals surface area contributed by atoms with E-state index in [9.17, 15) is 0 Å². The van der Waals surface area contributed by atoms with E-state index < -0.39 is 0 Å². The monoisotopic (exact) mass is 250 g/mol. The highest BCUT2D eigenvalue weighted by molar-refractivity contribution is 5.21. The molecule has 0 bridgehead atoms. The van der Waals surface area contributed by atoms with Crippen LogP contribution >= 0.6 is 0 Å². The average Bonchev–Trinajstić information content (AvgIpc) is 2.37. The van der Waals surface area contributed by atoms with E-state index in [1.54, 1.807) is 7.11 Å². The van der Waals surface area contributed by atoms with Crippen molar-refractivity contribution in [2.24, 2.45) is 5.73 Å². The summed E-state index contributed by atoms with van der Waals surface area (Å²) in [7, 11) is 3.91. The first-order valence-electron chi connectivity index (χ1n) is 6.62. The maximum Gasteiger partial charge on any atom is 0.0618 e. The Morgan fingerprint density at radius 1 is 1.28 bits per heavy atom. The minimum Gasteiger partial charge on any atom is -0.383 e. The molecule has 3 heteroatoms. The van der Waals surface area contributed by atoms with Crippen molar-refractivity contribution in [1.29, 1.82) is 0 Å². The highest BCUT2D eigenvalue weighted by atomic mass is 16.5. The zero-order valence-corrected chi connectivity index (χ0v) is 11.9. The summed E-state index contributed by atoms with van der Waals surface area (Å²) in [5.74, 6) is 0. The van der Waals surface area contributed by atoms with Gasteiger partial charge in [0.1, 0.15) is 0 Å². The second-order valence-electron chi connectivity index (χ2n) is 4.94. The Kier molecular flexibility index (Phi) is 6.94. The summed E-state index contributed by atoms with van der Waals surface area (Å²) in [5, 5.41) is 0. The molecule has 102 valence electrons. The van der Waals surface area contributed by atoms with Crippen molar-refractivity contribution in [2.75, 3.05) is 27.3 Å². The molecule has 0 radical (unpaired) electrons. The van der Waals surface area contributed by atoms with Gasteiger partial charge in [-0.05, 0) is 38.9 Å². The Bertz CT molecular complexity index is 324. The van der Waals surface area contributed by atoms with Crippen LogP contribution in [0.5, 0.6) is 0 Å². The summed E-state index contributed by atoms with van der Waals surface area (Å²) in [6, 6.07) is 9.15. The molecule has 3 nitrogen and oxygen atoms in total. The molecular formula is C15H26N2O. The van der Waals surface area contributed by atoms with E-state index in [0.29, 0.717) is 6.04 Å². The van der Waals surface area contributed by atoms with Gasteiger partial charge in [-0.1, -0.05) is 29.8 Å². The van der Waals surface area contributed by atoms with Gasteiger partial charge < -0.3 is 10.5 Å². The van der Waals surface area contributed by atoms with Gasteiger partial charge in [0, 0.05) is 19.7 Å². The van der Waals surface area contributed by atoms with Crippen molar-refractivity contribution >= 4 is 0 Å². The maximum atomic E-state index is 5.58. The molecule has 0 saturated carbocycles. The Morgan fingerprint density at radius 2 is 1.94 bits per heavy atom. The Hall–Kier alpha value is -0.900. The number of hydrogen-bond acceptors (Lipinski definition) is 3. The number of aryl methyl sites for hydroxylation is 1. The number of nitrogens with two attached hydrogens (primary N) is 1. The molecule has 1 rings (SSSR count). The second-order valence-corrected chi connectivity index (χ2v) is 4.94. The number of rotatable bonds is 8. The Labute approximate surface area is 111 Å². The third-order valence-electron chi connectivity index (χ3n) is 3.28. The number of benzene rings is 1. The molecule has 1 unspecified atom stereocenters. The fraction of sp³-hybridized carbons (Fsp3) is 0.600. The van der Waals surface area contributed by atoms with Crippen LogP contribution in [0.3, 0.4) is 0 Å². The molecule has 2 N–H and O–H groups in total. The predicted octanol–water partition coefficient (Wildman–Crippen LogP) is 2.18. The minimum absolute atomic E-state index is 0.444. The normalized spacial score (nSPS) is 12.9. The number of ether oxygens (including phenoxy) is 1. The molecule has 1 aromatic rings. The van der Waals surface area contributed by atoms with Crippen molar-refractivity contribution in [3.63, 3.8) is 0 Å². The zero-order valence-electron chi connectivity index (χ0n) is 11.9. The smallest absolute Gasteiger partial charge is 0.0618 e. The minimum atomic E-state index is 0.444. The molecule has 0 aromatic heterocycles. The predicted molar refractivity (Wildman–Crippen MR) is 76.6 cm³/mol. The van der Waals surface area contributed by atoms with Crippen molar-refractivity contribution < 1.29 is 4.74 Å². The lowest BCUT2D eigenvalue weighted by molar-refractivity contribution is 0.0962. The standard InChI is InChI=1S/C15H26N2O/c1-13-6-8-14(9-7-13)11-17(2)15(12-18-3)5-4-10-16/h6-9,15H,4-5,10-12,16H2,1-3H3. The van der Waals surface area contributed by atoms with Gasteiger partial charge in [-0.3, -0.25) is 4.90 Å². The molecule has 0 spiro atoms.